The maximum Gasteiger partial charge on any atom is 0.201 e. The van der Waals surface area contributed by atoms with Crippen LogP contribution in [0.2, 0.25) is 0 Å². The number of benzene rings is 1. The van der Waals surface area contributed by atoms with Crippen molar-refractivity contribution in [2.24, 2.45) is 5.92 Å². The highest BCUT2D eigenvalue weighted by molar-refractivity contribution is 5.79. The number of aryl methyl sites for hydroxylation is 1. The number of halogens is 1. The molecule has 0 spiro atoms. The molecule has 0 unspecified atom stereocenters. The second-order valence-electron chi connectivity index (χ2n) is 5.51. The Balaban J connectivity index is 2.06. The molecule has 5 heteroatoms. The first kappa shape index (κ1) is 14.8. The van der Waals surface area contributed by atoms with Gasteiger partial charge in [-0.25, -0.2) is 9.37 Å². The average molecular weight is 279 g/mol. The number of hydrogen-bond acceptors (Lipinski definition) is 3. The fourth-order valence-corrected chi connectivity index (χ4v) is 2.08. The number of nitrogens with two attached hydrogens (primary N) is 1. The van der Waals surface area contributed by atoms with E-state index in [0.29, 0.717) is 36.1 Å². The Bertz CT molecular complexity index is 592. The van der Waals surface area contributed by atoms with E-state index in [4.69, 9.17) is 10.5 Å². The number of fused-ring (bicyclic) bond motifs is 1. The summed E-state index contributed by atoms with van der Waals surface area (Å²) in [5.41, 5.74) is 7.93. The fraction of sp³-hybridized carbons (Fsp3) is 0.533. The molecule has 110 valence electrons. The number of hydrogen-bond donors (Lipinski definition) is 1. The minimum absolute atomic E-state index is 0.254. The Labute approximate surface area is 118 Å². The molecule has 2 rings (SSSR count). The minimum Gasteiger partial charge on any atom is -0.380 e. The quantitative estimate of drug-likeness (QED) is 0.826. The van der Waals surface area contributed by atoms with Crippen LogP contribution in [0.3, 0.4) is 0 Å². The van der Waals surface area contributed by atoms with E-state index < -0.39 is 0 Å². The second kappa shape index (κ2) is 6.22. The molecule has 0 amide bonds. The van der Waals surface area contributed by atoms with Gasteiger partial charge in [0.2, 0.25) is 5.95 Å². The van der Waals surface area contributed by atoms with E-state index in [1.165, 1.54) is 6.07 Å². The smallest absolute Gasteiger partial charge is 0.201 e. The summed E-state index contributed by atoms with van der Waals surface area (Å²) < 4.78 is 21.0. The monoisotopic (exact) mass is 279 g/mol. The molecule has 0 atom stereocenters. The minimum atomic E-state index is -0.254. The number of nitrogens with zero attached hydrogens (tertiary/aromatic N) is 2. The van der Waals surface area contributed by atoms with Gasteiger partial charge in [-0.3, -0.25) is 0 Å². The lowest BCUT2D eigenvalue weighted by Crippen LogP contribution is -2.10. The lowest BCUT2D eigenvalue weighted by atomic mass is 10.1. The maximum atomic E-state index is 13.5. The van der Waals surface area contributed by atoms with Crippen LogP contribution in [0.15, 0.2) is 12.1 Å². The van der Waals surface area contributed by atoms with E-state index >= 15 is 0 Å². The number of ether oxygens (including phenoxy) is 1. The van der Waals surface area contributed by atoms with Gasteiger partial charge < -0.3 is 15.0 Å². The first-order chi connectivity index (χ1) is 9.49. The molecule has 0 saturated carbocycles. The van der Waals surface area contributed by atoms with Crippen molar-refractivity contribution in [3.8, 4) is 0 Å². The molecular weight excluding hydrogens is 257 g/mol. The van der Waals surface area contributed by atoms with Crippen molar-refractivity contribution < 1.29 is 9.13 Å². The van der Waals surface area contributed by atoms with Gasteiger partial charge in [0.25, 0.3) is 0 Å². The SMILES string of the molecule is Cc1cc2c(cc1F)nc(N)n2CCOCCC(C)C. The molecule has 0 radical (unpaired) electrons. The predicted octanol–water partition coefficient (Wildman–Crippen LogP) is 3.13. The molecule has 0 saturated heterocycles. The van der Waals surface area contributed by atoms with Crippen molar-refractivity contribution in [1.29, 1.82) is 0 Å². The van der Waals surface area contributed by atoms with Gasteiger partial charge in [-0.1, -0.05) is 13.8 Å². The molecule has 0 aliphatic heterocycles. The normalized spacial score (nSPS) is 11.7. The van der Waals surface area contributed by atoms with Crippen LogP contribution < -0.4 is 5.73 Å². The van der Waals surface area contributed by atoms with Crippen molar-refractivity contribution in [1.82, 2.24) is 9.55 Å². The van der Waals surface area contributed by atoms with Gasteiger partial charge in [0, 0.05) is 19.2 Å². The van der Waals surface area contributed by atoms with Crippen LogP contribution in [-0.2, 0) is 11.3 Å². The summed E-state index contributed by atoms with van der Waals surface area (Å²) in [6.07, 6.45) is 1.05. The number of rotatable bonds is 6. The number of imidazole rings is 1. The van der Waals surface area contributed by atoms with Crippen molar-refractivity contribution in [2.75, 3.05) is 18.9 Å². The van der Waals surface area contributed by atoms with Gasteiger partial charge in [-0.05, 0) is 30.9 Å². The Kier molecular flexibility index (Phi) is 4.60. The highest BCUT2D eigenvalue weighted by Gasteiger charge is 2.10. The number of anilines is 1. The maximum absolute atomic E-state index is 13.5. The van der Waals surface area contributed by atoms with Crippen LogP contribution >= 0.6 is 0 Å². The van der Waals surface area contributed by atoms with Crippen LogP contribution in [0.5, 0.6) is 0 Å². The largest absolute Gasteiger partial charge is 0.380 e. The highest BCUT2D eigenvalue weighted by atomic mass is 19.1. The van der Waals surface area contributed by atoms with Crippen molar-refractivity contribution in [3.63, 3.8) is 0 Å². The van der Waals surface area contributed by atoms with Crippen LogP contribution in [0.25, 0.3) is 11.0 Å². The van der Waals surface area contributed by atoms with Crippen LogP contribution in [0.1, 0.15) is 25.8 Å². The second-order valence-corrected chi connectivity index (χ2v) is 5.51. The van der Waals surface area contributed by atoms with Crippen molar-refractivity contribution >= 4 is 17.0 Å². The molecule has 1 heterocycles. The molecule has 2 N–H and O–H groups in total. The standard InChI is InChI=1S/C15H22FN3O/c1-10(2)4-6-20-7-5-19-14-8-11(3)12(16)9-13(14)18-15(19)17/h8-10H,4-7H2,1-3H3,(H2,17,18). The molecule has 4 nitrogen and oxygen atoms in total. The van der Waals surface area contributed by atoms with Gasteiger partial charge in [-0.2, -0.15) is 0 Å². The van der Waals surface area contributed by atoms with Crippen molar-refractivity contribution in [2.45, 2.75) is 33.7 Å². The van der Waals surface area contributed by atoms with Crippen LogP contribution in [0, 0.1) is 18.7 Å². The molecule has 0 bridgehead atoms. The summed E-state index contributed by atoms with van der Waals surface area (Å²) >= 11 is 0. The van der Waals surface area contributed by atoms with E-state index in [0.717, 1.165) is 18.5 Å². The number of nitrogen functional groups attached to an aromatic ring is 1. The van der Waals surface area contributed by atoms with Gasteiger partial charge in [0.15, 0.2) is 0 Å². The third-order valence-corrected chi connectivity index (χ3v) is 3.36. The highest BCUT2D eigenvalue weighted by Crippen LogP contribution is 2.21. The third kappa shape index (κ3) is 3.28. The third-order valence-electron chi connectivity index (χ3n) is 3.36. The van der Waals surface area contributed by atoms with Crippen molar-refractivity contribution in [3.05, 3.63) is 23.5 Å². The zero-order valence-electron chi connectivity index (χ0n) is 12.3. The van der Waals surface area contributed by atoms with E-state index in [1.807, 2.05) is 4.57 Å². The Morgan fingerprint density at radius 2 is 2.10 bits per heavy atom. The predicted molar refractivity (Wildman–Crippen MR) is 79.1 cm³/mol. The Morgan fingerprint density at radius 1 is 1.35 bits per heavy atom. The summed E-state index contributed by atoms with van der Waals surface area (Å²) in [6, 6.07) is 3.21. The summed E-state index contributed by atoms with van der Waals surface area (Å²) in [7, 11) is 0. The van der Waals surface area contributed by atoms with Gasteiger partial charge in [-0.15, -0.1) is 0 Å². The zero-order chi connectivity index (χ0) is 14.7. The Morgan fingerprint density at radius 3 is 2.80 bits per heavy atom. The molecular formula is C15H22FN3O. The van der Waals surface area contributed by atoms with Crippen LogP contribution in [-0.4, -0.2) is 22.8 Å². The van der Waals surface area contributed by atoms with E-state index in [9.17, 15) is 4.39 Å². The first-order valence-electron chi connectivity index (χ1n) is 6.98. The molecule has 0 aliphatic carbocycles. The summed E-state index contributed by atoms with van der Waals surface area (Å²) in [5.74, 6) is 0.785. The first-order valence-corrected chi connectivity index (χ1v) is 6.98. The van der Waals surface area contributed by atoms with Crippen LogP contribution in [0.4, 0.5) is 10.3 Å². The van der Waals surface area contributed by atoms with E-state index in [2.05, 4.69) is 18.8 Å². The van der Waals surface area contributed by atoms with Gasteiger partial charge in [0.05, 0.1) is 17.6 Å². The average Bonchev–Trinajstić information content (AvgIpc) is 2.65. The molecule has 1 aromatic heterocycles. The molecule has 20 heavy (non-hydrogen) atoms. The molecule has 1 aromatic carbocycles. The van der Waals surface area contributed by atoms with E-state index in [-0.39, 0.29) is 5.82 Å². The molecule has 0 fully saturated rings. The molecule has 2 aromatic rings. The van der Waals surface area contributed by atoms with Gasteiger partial charge in [0.1, 0.15) is 5.82 Å². The van der Waals surface area contributed by atoms with E-state index in [1.54, 1.807) is 13.0 Å². The Hall–Kier alpha value is -1.62. The van der Waals surface area contributed by atoms with Gasteiger partial charge >= 0.3 is 0 Å². The topological polar surface area (TPSA) is 53.1 Å². The fourth-order valence-electron chi connectivity index (χ4n) is 2.08. The zero-order valence-corrected chi connectivity index (χ0v) is 12.3. The summed E-state index contributed by atoms with van der Waals surface area (Å²) in [5, 5.41) is 0. The lowest BCUT2D eigenvalue weighted by molar-refractivity contribution is 0.117. The molecule has 0 aliphatic rings. The number of aromatic nitrogens is 2. The summed E-state index contributed by atoms with van der Waals surface area (Å²) in [4.78, 5) is 4.19. The lowest BCUT2D eigenvalue weighted by Gasteiger charge is -2.09. The summed E-state index contributed by atoms with van der Waals surface area (Å²) in [6.45, 7) is 8.04.